The van der Waals surface area contributed by atoms with Gasteiger partial charge in [-0.2, -0.15) is 13.2 Å². The van der Waals surface area contributed by atoms with Crippen LogP contribution in [0.4, 0.5) is 13.2 Å². The van der Waals surface area contributed by atoms with E-state index in [2.05, 4.69) is 0 Å². The average Bonchev–Trinajstić information content (AvgIpc) is 2.81. The lowest BCUT2D eigenvalue weighted by Gasteiger charge is -2.15. The number of fused-ring (bicyclic) bond motifs is 1. The quantitative estimate of drug-likeness (QED) is 0.246. The third-order valence-electron chi connectivity index (χ3n) is 4.89. The summed E-state index contributed by atoms with van der Waals surface area (Å²) in [5, 5.41) is 0.627. The fraction of sp³-hybridized carbons (Fsp3) is 0.160. The molecule has 4 rings (SSSR count). The molecule has 1 heterocycles. The highest BCUT2D eigenvalue weighted by Crippen LogP contribution is 2.40. The Morgan fingerprint density at radius 1 is 0.914 bits per heavy atom. The molecule has 0 N–H and O–H groups in total. The SMILES string of the molecule is CCOc1ccccc1Oc1c(C(F)(F)F)oc2cc(OCc3c(Cl)cccc3Cl)ccc2c1=O. The third-order valence-corrected chi connectivity index (χ3v) is 5.59. The molecule has 3 aromatic carbocycles. The highest BCUT2D eigenvalue weighted by Gasteiger charge is 2.40. The molecule has 0 fully saturated rings. The van der Waals surface area contributed by atoms with Crippen molar-refractivity contribution in [2.75, 3.05) is 6.61 Å². The Morgan fingerprint density at radius 2 is 1.60 bits per heavy atom. The smallest absolute Gasteiger partial charge is 0.453 e. The first-order chi connectivity index (χ1) is 16.7. The molecule has 0 atom stereocenters. The predicted octanol–water partition coefficient (Wildman–Crippen LogP) is 7.89. The summed E-state index contributed by atoms with van der Waals surface area (Å²) < 4.78 is 63.1. The third kappa shape index (κ3) is 5.33. The van der Waals surface area contributed by atoms with Gasteiger partial charge in [0.2, 0.25) is 11.2 Å². The van der Waals surface area contributed by atoms with Crippen LogP contribution in [-0.4, -0.2) is 6.61 Å². The molecule has 0 aliphatic rings. The summed E-state index contributed by atoms with van der Waals surface area (Å²) in [6.07, 6.45) is -5.01. The molecule has 35 heavy (non-hydrogen) atoms. The van der Waals surface area contributed by atoms with Crippen molar-refractivity contribution in [2.24, 2.45) is 0 Å². The fourth-order valence-electron chi connectivity index (χ4n) is 3.27. The van der Waals surface area contributed by atoms with E-state index >= 15 is 0 Å². The summed E-state index contributed by atoms with van der Waals surface area (Å²) in [6, 6.07) is 14.9. The molecule has 10 heteroatoms. The molecular formula is C25H17Cl2F3O5. The molecule has 0 saturated carbocycles. The topological polar surface area (TPSA) is 57.9 Å². The van der Waals surface area contributed by atoms with Gasteiger partial charge < -0.3 is 18.6 Å². The molecule has 182 valence electrons. The zero-order valence-corrected chi connectivity index (χ0v) is 19.6. The zero-order valence-electron chi connectivity index (χ0n) is 18.1. The summed E-state index contributed by atoms with van der Waals surface area (Å²) in [4.78, 5) is 13.0. The Labute approximate surface area is 207 Å². The summed E-state index contributed by atoms with van der Waals surface area (Å²) in [5.74, 6) is -2.28. The lowest BCUT2D eigenvalue weighted by atomic mass is 10.2. The normalized spacial score (nSPS) is 11.5. The molecule has 0 aliphatic carbocycles. The minimum absolute atomic E-state index is 0.0459. The van der Waals surface area contributed by atoms with E-state index in [1.54, 1.807) is 37.3 Å². The summed E-state index contributed by atoms with van der Waals surface area (Å²) in [7, 11) is 0. The molecule has 0 saturated heterocycles. The first-order valence-electron chi connectivity index (χ1n) is 10.3. The van der Waals surface area contributed by atoms with Gasteiger partial charge in [-0.15, -0.1) is 0 Å². The number of halogens is 5. The maximum atomic E-state index is 13.9. The van der Waals surface area contributed by atoms with E-state index in [9.17, 15) is 18.0 Å². The van der Waals surface area contributed by atoms with E-state index < -0.39 is 23.1 Å². The zero-order chi connectivity index (χ0) is 25.2. The van der Waals surface area contributed by atoms with Crippen molar-refractivity contribution in [1.82, 2.24) is 0 Å². The van der Waals surface area contributed by atoms with Crippen LogP contribution in [0, 0.1) is 0 Å². The maximum absolute atomic E-state index is 13.9. The van der Waals surface area contributed by atoms with Gasteiger partial charge in [0.15, 0.2) is 11.5 Å². The van der Waals surface area contributed by atoms with E-state index in [1.807, 2.05) is 0 Å². The summed E-state index contributed by atoms with van der Waals surface area (Å²) in [6.45, 7) is 1.92. The van der Waals surface area contributed by atoms with Crippen molar-refractivity contribution in [3.63, 3.8) is 0 Å². The van der Waals surface area contributed by atoms with Crippen molar-refractivity contribution in [2.45, 2.75) is 19.7 Å². The minimum Gasteiger partial charge on any atom is -0.490 e. The molecule has 0 radical (unpaired) electrons. The second-order valence-electron chi connectivity index (χ2n) is 7.22. The van der Waals surface area contributed by atoms with E-state index in [4.69, 9.17) is 41.8 Å². The predicted molar refractivity (Wildman–Crippen MR) is 126 cm³/mol. The lowest BCUT2D eigenvalue weighted by molar-refractivity contribution is -0.154. The van der Waals surface area contributed by atoms with Crippen LogP contribution in [0.15, 0.2) is 69.9 Å². The molecule has 0 unspecified atom stereocenters. The van der Waals surface area contributed by atoms with E-state index in [0.717, 1.165) is 0 Å². The number of ether oxygens (including phenoxy) is 3. The van der Waals surface area contributed by atoms with Gasteiger partial charge in [0.1, 0.15) is 17.9 Å². The summed E-state index contributed by atoms with van der Waals surface area (Å²) in [5.41, 5.74) is -0.814. The molecule has 0 aliphatic heterocycles. The highest BCUT2D eigenvalue weighted by molar-refractivity contribution is 6.35. The van der Waals surface area contributed by atoms with Gasteiger partial charge in [-0.05, 0) is 43.3 Å². The first kappa shape index (κ1) is 24.8. The minimum atomic E-state index is -5.01. The van der Waals surface area contributed by atoms with Gasteiger partial charge in [-0.1, -0.05) is 41.4 Å². The lowest BCUT2D eigenvalue weighted by Crippen LogP contribution is -2.15. The number of alkyl halides is 3. The Hall–Kier alpha value is -3.36. The second-order valence-corrected chi connectivity index (χ2v) is 8.03. The molecule has 0 spiro atoms. The Morgan fingerprint density at radius 3 is 2.26 bits per heavy atom. The van der Waals surface area contributed by atoms with Gasteiger partial charge in [-0.25, -0.2) is 0 Å². The van der Waals surface area contributed by atoms with Crippen LogP contribution in [0.5, 0.6) is 23.0 Å². The van der Waals surface area contributed by atoms with Gasteiger partial charge >= 0.3 is 6.18 Å². The van der Waals surface area contributed by atoms with Crippen LogP contribution >= 0.6 is 23.2 Å². The summed E-state index contributed by atoms with van der Waals surface area (Å²) >= 11 is 12.3. The first-order valence-corrected chi connectivity index (χ1v) is 11.1. The molecule has 0 bridgehead atoms. The highest BCUT2D eigenvalue weighted by atomic mass is 35.5. The molecular weight excluding hydrogens is 508 g/mol. The fourth-order valence-corrected chi connectivity index (χ4v) is 3.78. The van der Waals surface area contributed by atoms with Gasteiger partial charge in [0.25, 0.3) is 5.76 Å². The Balaban J connectivity index is 1.74. The van der Waals surface area contributed by atoms with Gasteiger partial charge in [-0.3, -0.25) is 4.79 Å². The van der Waals surface area contributed by atoms with Crippen LogP contribution in [0.2, 0.25) is 10.0 Å². The molecule has 1 aromatic heterocycles. The average molecular weight is 525 g/mol. The Bertz CT molecular complexity index is 1410. The number of para-hydroxylation sites is 2. The largest absolute Gasteiger partial charge is 0.490 e. The molecule has 4 aromatic rings. The van der Waals surface area contributed by atoms with Crippen molar-refractivity contribution >= 4 is 34.2 Å². The number of hydrogen-bond acceptors (Lipinski definition) is 5. The van der Waals surface area contributed by atoms with E-state index in [0.29, 0.717) is 15.6 Å². The van der Waals surface area contributed by atoms with Crippen LogP contribution in [-0.2, 0) is 12.8 Å². The van der Waals surface area contributed by atoms with E-state index in [1.165, 1.54) is 30.3 Å². The Kier molecular flexibility index (Phi) is 7.14. The number of rotatable bonds is 7. The van der Waals surface area contributed by atoms with Crippen LogP contribution in [0.3, 0.4) is 0 Å². The maximum Gasteiger partial charge on any atom is 0.453 e. The van der Waals surface area contributed by atoms with Crippen LogP contribution < -0.4 is 19.6 Å². The number of hydrogen-bond donors (Lipinski definition) is 0. The molecule has 5 nitrogen and oxygen atoms in total. The van der Waals surface area contributed by atoms with Crippen molar-refractivity contribution in [3.05, 3.63) is 92.3 Å². The second kappa shape index (κ2) is 10.1. The standard InChI is InChI=1S/C25H17Cl2F3O5/c1-2-32-19-8-3-4-9-20(19)34-23-22(31)15-11-10-14(12-21(15)35-24(23)25(28,29)30)33-13-16-17(26)6-5-7-18(16)27/h3-12H,2,13H2,1H3. The number of benzene rings is 3. The van der Waals surface area contributed by atoms with Crippen LogP contribution in [0.25, 0.3) is 11.0 Å². The van der Waals surface area contributed by atoms with Crippen molar-refractivity contribution in [1.29, 1.82) is 0 Å². The molecule has 0 amide bonds. The van der Waals surface area contributed by atoms with Gasteiger partial charge in [0.05, 0.1) is 12.0 Å². The monoisotopic (exact) mass is 524 g/mol. The van der Waals surface area contributed by atoms with Crippen LogP contribution in [0.1, 0.15) is 18.2 Å². The van der Waals surface area contributed by atoms with E-state index in [-0.39, 0.29) is 41.4 Å². The van der Waals surface area contributed by atoms with Gasteiger partial charge in [0, 0.05) is 21.7 Å². The van der Waals surface area contributed by atoms with Crippen molar-refractivity contribution < 1.29 is 31.8 Å². The van der Waals surface area contributed by atoms with Crippen molar-refractivity contribution in [3.8, 4) is 23.0 Å².